The molecule has 2 saturated heterocycles. The van der Waals surface area contributed by atoms with E-state index in [2.05, 4.69) is 10.1 Å². The molecule has 23 heavy (non-hydrogen) atoms. The molecule has 1 N–H and O–H groups in total. The maximum Gasteiger partial charge on any atom is 0.331 e. The van der Waals surface area contributed by atoms with Crippen molar-refractivity contribution in [3.05, 3.63) is 0 Å². The average molecular weight is 327 g/mol. The van der Waals surface area contributed by atoms with Gasteiger partial charge in [0.25, 0.3) is 0 Å². The standard InChI is InChI=1S/C16H25NO6/c1-20-13(18)9-21-12-8-23-14-11(7-22-15(12)14)17-16(19)10-5-3-2-4-6-10/h10-12,14-15H,2-9H2,1H3,(H,17,19)/t11-,12+,14+,15+/m0/s1. The Morgan fingerprint density at radius 1 is 1.09 bits per heavy atom. The monoisotopic (exact) mass is 327 g/mol. The zero-order valence-corrected chi connectivity index (χ0v) is 13.5. The first-order chi connectivity index (χ1) is 11.2. The lowest BCUT2D eigenvalue weighted by Gasteiger charge is -2.24. The molecule has 1 saturated carbocycles. The number of esters is 1. The van der Waals surface area contributed by atoms with Gasteiger partial charge >= 0.3 is 5.97 Å². The molecule has 7 heteroatoms. The van der Waals surface area contributed by atoms with E-state index in [4.69, 9.17) is 14.2 Å². The summed E-state index contributed by atoms with van der Waals surface area (Å²) in [4.78, 5) is 23.5. The molecule has 0 aromatic carbocycles. The molecule has 0 aromatic rings. The van der Waals surface area contributed by atoms with E-state index in [1.165, 1.54) is 13.5 Å². The minimum atomic E-state index is -0.423. The SMILES string of the molecule is COC(=O)CO[C@@H]1CO[C@H]2[C@@H]1OC[C@@H]2NC(=O)C1CCCCC1. The van der Waals surface area contributed by atoms with Crippen molar-refractivity contribution in [1.29, 1.82) is 0 Å². The highest BCUT2D eigenvalue weighted by atomic mass is 16.6. The number of hydrogen-bond donors (Lipinski definition) is 1. The molecule has 0 unspecified atom stereocenters. The normalized spacial score (nSPS) is 34.1. The highest BCUT2D eigenvalue weighted by Gasteiger charge is 2.49. The Bertz CT molecular complexity index is 436. The topological polar surface area (TPSA) is 83.1 Å². The maximum absolute atomic E-state index is 12.4. The zero-order valence-electron chi connectivity index (χ0n) is 13.5. The van der Waals surface area contributed by atoms with Crippen molar-refractivity contribution >= 4 is 11.9 Å². The highest BCUT2D eigenvalue weighted by molar-refractivity contribution is 5.79. The number of fused-ring (bicyclic) bond motifs is 1. The van der Waals surface area contributed by atoms with Gasteiger partial charge in [0.05, 0.1) is 26.4 Å². The molecule has 2 heterocycles. The van der Waals surface area contributed by atoms with Crippen LogP contribution in [-0.4, -0.2) is 63.2 Å². The van der Waals surface area contributed by atoms with Crippen LogP contribution in [0.3, 0.4) is 0 Å². The summed E-state index contributed by atoms with van der Waals surface area (Å²) in [5.74, 6) is -0.189. The molecule has 7 nitrogen and oxygen atoms in total. The second kappa shape index (κ2) is 7.59. The van der Waals surface area contributed by atoms with Crippen LogP contribution in [-0.2, 0) is 28.5 Å². The lowest BCUT2D eigenvalue weighted by atomic mass is 9.88. The number of rotatable bonds is 5. The van der Waals surface area contributed by atoms with Crippen LogP contribution in [0.25, 0.3) is 0 Å². The first kappa shape index (κ1) is 16.7. The van der Waals surface area contributed by atoms with Gasteiger partial charge in [0.15, 0.2) is 0 Å². The number of amides is 1. The van der Waals surface area contributed by atoms with Crippen molar-refractivity contribution in [2.75, 3.05) is 26.9 Å². The molecule has 2 aliphatic heterocycles. The number of carbonyl (C=O) groups is 2. The summed E-state index contributed by atoms with van der Waals surface area (Å²) >= 11 is 0. The predicted molar refractivity (Wildman–Crippen MR) is 79.7 cm³/mol. The van der Waals surface area contributed by atoms with Gasteiger partial charge in [0.1, 0.15) is 24.9 Å². The van der Waals surface area contributed by atoms with Crippen LogP contribution >= 0.6 is 0 Å². The van der Waals surface area contributed by atoms with E-state index in [0.29, 0.717) is 13.2 Å². The Morgan fingerprint density at radius 3 is 2.57 bits per heavy atom. The molecule has 130 valence electrons. The van der Waals surface area contributed by atoms with E-state index in [-0.39, 0.29) is 42.8 Å². The van der Waals surface area contributed by atoms with Crippen LogP contribution in [0.4, 0.5) is 0 Å². The van der Waals surface area contributed by atoms with Crippen molar-refractivity contribution in [1.82, 2.24) is 5.32 Å². The van der Waals surface area contributed by atoms with Gasteiger partial charge in [-0.2, -0.15) is 0 Å². The van der Waals surface area contributed by atoms with E-state index in [1.807, 2.05) is 0 Å². The molecule has 0 spiro atoms. The summed E-state index contributed by atoms with van der Waals surface area (Å²) in [7, 11) is 1.32. The molecule has 0 radical (unpaired) electrons. The van der Waals surface area contributed by atoms with Gasteiger partial charge in [-0.25, -0.2) is 4.79 Å². The number of hydrogen-bond acceptors (Lipinski definition) is 6. The smallest absolute Gasteiger partial charge is 0.331 e. The van der Waals surface area contributed by atoms with Gasteiger partial charge in [-0.3, -0.25) is 4.79 Å². The zero-order chi connectivity index (χ0) is 16.2. The van der Waals surface area contributed by atoms with Gasteiger partial charge in [-0.1, -0.05) is 19.3 Å². The lowest BCUT2D eigenvalue weighted by molar-refractivity contribution is -0.150. The summed E-state index contributed by atoms with van der Waals surface area (Å²) in [5, 5.41) is 3.08. The van der Waals surface area contributed by atoms with Crippen molar-refractivity contribution in [3.63, 3.8) is 0 Å². The van der Waals surface area contributed by atoms with Gasteiger partial charge in [0, 0.05) is 5.92 Å². The molecule has 3 rings (SSSR count). The van der Waals surface area contributed by atoms with Crippen LogP contribution in [0, 0.1) is 5.92 Å². The third-order valence-electron chi connectivity index (χ3n) is 4.95. The van der Waals surface area contributed by atoms with E-state index in [1.54, 1.807) is 0 Å². The number of methoxy groups -OCH3 is 1. The Balaban J connectivity index is 1.48. The summed E-state index contributed by atoms with van der Waals surface area (Å²) in [5.41, 5.74) is 0. The number of nitrogens with one attached hydrogen (secondary N) is 1. The average Bonchev–Trinajstić information content (AvgIpc) is 3.16. The van der Waals surface area contributed by atoms with Crippen LogP contribution in [0.1, 0.15) is 32.1 Å². The van der Waals surface area contributed by atoms with Crippen molar-refractivity contribution < 1.29 is 28.5 Å². The Kier molecular flexibility index (Phi) is 5.50. The second-order valence-electron chi connectivity index (χ2n) is 6.47. The summed E-state index contributed by atoms with van der Waals surface area (Å²) in [6.45, 7) is 0.671. The van der Waals surface area contributed by atoms with Gasteiger partial charge in [-0.05, 0) is 12.8 Å². The van der Waals surface area contributed by atoms with Crippen LogP contribution in [0.2, 0.25) is 0 Å². The minimum Gasteiger partial charge on any atom is -0.467 e. The Morgan fingerprint density at radius 2 is 1.83 bits per heavy atom. The maximum atomic E-state index is 12.4. The van der Waals surface area contributed by atoms with Gasteiger partial charge < -0.3 is 24.3 Å². The summed E-state index contributed by atoms with van der Waals surface area (Å²) in [6.07, 6.45) is 4.69. The molecule has 4 atom stereocenters. The summed E-state index contributed by atoms with van der Waals surface area (Å²) in [6, 6.07) is -0.138. The largest absolute Gasteiger partial charge is 0.467 e. The molecule has 0 aromatic heterocycles. The van der Waals surface area contributed by atoms with E-state index in [0.717, 1.165) is 25.7 Å². The quantitative estimate of drug-likeness (QED) is 0.736. The third kappa shape index (κ3) is 3.84. The minimum absolute atomic E-state index is 0.112. The third-order valence-corrected chi connectivity index (χ3v) is 4.95. The Labute approximate surface area is 136 Å². The number of carbonyl (C=O) groups excluding carboxylic acids is 2. The van der Waals surface area contributed by atoms with E-state index in [9.17, 15) is 9.59 Å². The fourth-order valence-electron chi connectivity index (χ4n) is 3.63. The van der Waals surface area contributed by atoms with E-state index >= 15 is 0 Å². The molecule has 0 bridgehead atoms. The molecular weight excluding hydrogens is 302 g/mol. The van der Waals surface area contributed by atoms with Crippen LogP contribution in [0.15, 0.2) is 0 Å². The van der Waals surface area contributed by atoms with Crippen molar-refractivity contribution in [2.45, 2.75) is 56.5 Å². The first-order valence-electron chi connectivity index (χ1n) is 8.41. The first-order valence-corrected chi connectivity index (χ1v) is 8.41. The van der Waals surface area contributed by atoms with Crippen molar-refractivity contribution in [3.8, 4) is 0 Å². The second-order valence-corrected chi connectivity index (χ2v) is 6.47. The van der Waals surface area contributed by atoms with Gasteiger partial charge in [0.2, 0.25) is 5.91 Å². The predicted octanol–water partition coefficient (Wildman–Crippen LogP) is 0.407. The Hall–Kier alpha value is -1.18. The highest BCUT2D eigenvalue weighted by Crippen LogP contribution is 2.30. The number of ether oxygens (including phenoxy) is 4. The molecule has 3 fully saturated rings. The fourth-order valence-corrected chi connectivity index (χ4v) is 3.63. The molecular formula is C16H25NO6. The molecule has 1 amide bonds. The fraction of sp³-hybridized carbons (Fsp3) is 0.875. The van der Waals surface area contributed by atoms with Crippen LogP contribution < -0.4 is 5.32 Å². The summed E-state index contributed by atoms with van der Waals surface area (Å²) < 4.78 is 21.5. The van der Waals surface area contributed by atoms with Crippen LogP contribution in [0.5, 0.6) is 0 Å². The molecule has 3 aliphatic rings. The van der Waals surface area contributed by atoms with Gasteiger partial charge in [-0.15, -0.1) is 0 Å². The van der Waals surface area contributed by atoms with Crippen molar-refractivity contribution in [2.24, 2.45) is 5.92 Å². The van der Waals surface area contributed by atoms with E-state index < -0.39 is 5.97 Å². The lowest BCUT2D eigenvalue weighted by Crippen LogP contribution is -2.46. The molecule has 1 aliphatic carbocycles.